The standard InChI is InChI=1S/C18H16FN3O3S2/c1-11-20-16(12-6-4-3-5-7-12)17(26-11)18(23)21-13-8-9-14(19)15(10-13)22-27(2,24)25/h3-10,22H,1-2H3,(H,21,23). The van der Waals surface area contributed by atoms with E-state index in [2.05, 4.69) is 15.0 Å². The van der Waals surface area contributed by atoms with Gasteiger partial charge in [0, 0.05) is 11.3 Å². The summed E-state index contributed by atoms with van der Waals surface area (Å²) in [6.07, 6.45) is 0.921. The molecule has 0 aliphatic rings. The van der Waals surface area contributed by atoms with Crippen molar-refractivity contribution in [3.05, 3.63) is 64.2 Å². The molecule has 0 radical (unpaired) electrons. The SMILES string of the molecule is Cc1nc(-c2ccccc2)c(C(=O)Nc2ccc(F)c(NS(C)(=O)=O)c2)s1. The van der Waals surface area contributed by atoms with Crippen molar-refractivity contribution in [2.24, 2.45) is 0 Å². The highest BCUT2D eigenvalue weighted by atomic mass is 32.2. The van der Waals surface area contributed by atoms with Crippen molar-refractivity contribution in [2.45, 2.75) is 6.92 Å². The van der Waals surface area contributed by atoms with E-state index in [-0.39, 0.29) is 11.4 Å². The maximum absolute atomic E-state index is 13.8. The summed E-state index contributed by atoms with van der Waals surface area (Å²) in [5.41, 5.74) is 1.40. The van der Waals surface area contributed by atoms with Gasteiger partial charge in [-0.25, -0.2) is 17.8 Å². The molecule has 140 valence electrons. The minimum absolute atomic E-state index is 0.237. The van der Waals surface area contributed by atoms with Crippen LogP contribution in [-0.2, 0) is 10.0 Å². The van der Waals surface area contributed by atoms with Crippen LogP contribution in [0.5, 0.6) is 0 Å². The molecular weight excluding hydrogens is 389 g/mol. The molecule has 3 rings (SSSR count). The first-order chi connectivity index (χ1) is 12.7. The van der Waals surface area contributed by atoms with Gasteiger partial charge in [-0.15, -0.1) is 11.3 Å². The number of carbonyl (C=O) groups excluding carboxylic acids is 1. The van der Waals surface area contributed by atoms with E-state index in [4.69, 9.17) is 0 Å². The van der Waals surface area contributed by atoms with Crippen LogP contribution in [0.2, 0.25) is 0 Å². The first-order valence-corrected chi connectivity index (χ1v) is 10.6. The molecule has 0 bridgehead atoms. The number of aromatic nitrogens is 1. The van der Waals surface area contributed by atoms with Gasteiger partial charge in [0.1, 0.15) is 10.7 Å². The topological polar surface area (TPSA) is 88.2 Å². The molecule has 0 spiro atoms. The number of benzene rings is 2. The average Bonchev–Trinajstić information content (AvgIpc) is 2.99. The summed E-state index contributed by atoms with van der Waals surface area (Å²) in [4.78, 5) is 17.6. The number of nitrogens with zero attached hydrogens (tertiary/aromatic N) is 1. The third-order valence-corrected chi connectivity index (χ3v) is 5.07. The zero-order chi connectivity index (χ0) is 19.6. The number of hydrogen-bond acceptors (Lipinski definition) is 5. The van der Waals surface area contributed by atoms with Crippen molar-refractivity contribution >= 4 is 38.6 Å². The highest BCUT2D eigenvalue weighted by Gasteiger charge is 2.19. The molecule has 2 N–H and O–H groups in total. The molecule has 2 aromatic carbocycles. The fraction of sp³-hybridized carbons (Fsp3) is 0.111. The Bertz CT molecular complexity index is 1100. The second kappa shape index (κ2) is 7.45. The van der Waals surface area contributed by atoms with Crippen LogP contribution in [0.1, 0.15) is 14.7 Å². The van der Waals surface area contributed by atoms with Crippen LogP contribution in [0.4, 0.5) is 15.8 Å². The smallest absolute Gasteiger partial charge is 0.268 e. The lowest BCUT2D eigenvalue weighted by Gasteiger charge is -2.09. The highest BCUT2D eigenvalue weighted by molar-refractivity contribution is 7.92. The van der Waals surface area contributed by atoms with E-state index in [0.717, 1.165) is 22.9 Å². The summed E-state index contributed by atoms with van der Waals surface area (Å²) >= 11 is 1.25. The molecular formula is C18H16FN3O3S2. The maximum atomic E-state index is 13.8. The van der Waals surface area contributed by atoms with E-state index in [1.165, 1.54) is 23.5 Å². The Balaban J connectivity index is 1.90. The Morgan fingerprint density at radius 3 is 2.52 bits per heavy atom. The largest absolute Gasteiger partial charge is 0.321 e. The molecule has 3 aromatic rings. The Morgan fingerprint density at radius 1 is 1.15 bits per heavy atom. The maximum Gasteiger partial charge on any atom is 0.268 e. The zero-order valence-electron chi connectivity index (χ0n) is 14.5. The van der Waals surface area contributed by atoms with E-state index in [1.54, 1.807) is 6.92 Å². The minimum atomic E-state index is -3.65. The Labute approximate surface area is 160 Å². The van der Waals surface area contributed by atoms with E-state index in [0.29, 0.717) is 10.6 Å². The normalized spacial score (nSPS) is 11.2. The Morgan fingerprint density at radius 2 is 1.85 bits per heavy atom. The van der Waals surface area contributed by atoms with Crippen LogP contribution in [0.15, 0.2) is 48.5 Å². The van der Waals surface area contributed by atoms with Gasteiger partial charge in [0.25, 0.3) is 5.91 Å². The van der Waals surface area contributed by atoms with E-state index in [9.17, 15) is 17.6 Å². The van der Waals surface area contributed by atoms with Crippen molar-refractivity contribution in [3.63, 3.8) is 0 Å². The third kappa shape index (κ3) is 4.69. The molecule has 0 fully saturated rings. The number of rotatable bonds is 5. The molecule has 6 nitrogen and oxygen atoms in total. The molecule has 0 unspecified atom stereocenters. The number of carbonyl (C=O) groups is 1. The quantitative estimate of drug-likeness (QED) is 0.674. The first kappa shape index (κ1) is 19.0. The molecule has 1 amide bonds. The summed E-state index contributed by atoms with van der Waals surface area (Å²) < 4.78 is 38.6. The van der Waals surface area contributed by atoms with Gasteiger partial charge in [-0.05, 0) is 25.1 Å². The van der Waals surface area contributed by atoms with Crippen LogP contribution in [0.25, 0.3) is 11.3 Å². The number of anilines is 2. The molecule has 27 heavy (non-hydrogen) atoms. The van der Waals surface area contributed by atoms with Crippen LogP contribution < -0.4 is 10.0 Å². The molecule has 1 heterocycles. The summed E-state index contributed by atoms with van der Waals surface area (Å²) in [5.74, 6) is -1.14. The fourth-order valence-corrected chi connectivity index (χ4v) is 3.83. The Hall–Kier alpha value is -2.78. The van der Waals surface area contributed by atoms with Gasteiger partial charge < -0.3 is 5.32 Å². The number of amides is 1. The van der Waals surface area contributed by atoms with Gasteiger partial charge in [0.2, 0.25) is 10.0 Å². The average molecular weight is 405 g/mol. The van der Waals surface area contributed by atoms with Crippen LogP contribution in [0, 0.1) is 12.7 Å². The fourth-order valence-electron chi connectivity index (χ4n) is 2.44. The first-order valence-electron chi connectivity index (χ1n) is 7.84. The predicted molar refractivity (Wildman–Crippen MR) is 105 cm³/mol. The van der Waals surface area contributed by atoms with Gasteiger partial charge in [0.05, 0.1) is 22.6 Å². The number of halogens is 1. The lowest BCUT2D eigenvalue weighted by atomic mass is 10.1. The number of aryl methyl sites for hydroxylation is 1. The minimum Gasteiger partial charge on any atom is -0.321 e. The lowest BCUT2D eigenvalue weighted by molar-refractivity contribution is 0.103. The number of sulfonamides is 1. The van der Waals surface area contributed by atoms with Crippen molar-refractivity contribution < 1.29 is 17.6 Å². The molecule has 0 aliphatic heterocycles. The van der Waals surface area contributed by atoms with Gasteiger partial charge in [-0.1, -0.05) is 30.3 Å². The molecule has 0 atom stereocenters. The van der Waals surface area contributed by atoms with Crippen LogP contribution in [-0.4, -0.2) is 25.6 Å². The van der Waals surface area contributed by atoms with Crippen molar-refractivity contribution in [1.82, 2.24) is 4.98 Å². The number of nitrogens with one attached hydrogen (secondary N) is 2. The highest BCUT2D eigenvalue weighted by Crippen LogP contribution is 2.29. The van der Waals surface area contributed by atoms with Gasteiger partial charge in [-0.3, -0.25) is 9.52 Å². The second-order valence-electron chi connectivity index (χ2n) is 5.80. The summed E-state index contributed by atoms with van der Waals surface area (Å²) in [5, 5.41) is 3.40. The number of thiazole rings is 1. The molecule has 0 saturated heterocycles. The van der Waals surface area contributed by atoms with Gasteiger partial charge in [0.15, 0.2) is 0 Å². The van der Waals surface area contributed by atoms with Gasteiger partial charge >= 0.3 is 0 Å². The van der Waals surface area contributed by atoms with E-state index in [1.807, 2.05) is 30.3 Å². The zero-order valence-corrected chi connectivity index (χ0v) is 16.1. The Kier molecular flexibility index (Phi) is 5.24. The van der Waals surface area contributed by atoms with Crippen molar-refractivity contribution in [3.8, 4) is 11.3 Å². The summed E-state index contributed by atoms with van der Waals surface area (Å²) in [6.45, 7) is 1.81. The molecule has 9 heteroatoms. The van der Waals surface area contributed by atoms with Crippen LogP contribution >= 0.6 is 11.3 Å². The third-order valence-electron chi connectivity index (χ3n) is 3.51. The monoisotopic (exact) mass is 405 g/mol. The summed E-state index contributed by atoms with van der Waals surface area (Å²) in [6, 6.07) is 13.0. The second-order valence-corrected chi connectivity index (χ2v) is 8.75. The van der Waals surface area contributed by atoms with Crippen molar-refractivity contribution in [1.29, 1.82) is 0 Å². The van der Waals surface area contributed by atoms with Crippen LogP contribution in [0.3, 0.4) is 0 Å². The number of hydrogen-bond donors (Lipinski definition) is 2. The van der Waals surface area contributed by atoms with Crippen molar-refractivity contribution in [2.75, 3.05) is 16.3 Å². The summed E-state index contributed by atoms with van der Waals surface area (Å²) in [7, 11) is -3.65. The van der Waals surface area contributed by atoms with E-state index < -0.39 is 21.7 Å². The predicted octanol–water partition coefficient (Wildman–Crippen LogP) is 3.88. The van der Waals surface area contributed by atoms with E-state index >= 15 is 0 Å². The van der Waals surface area contributed by atoms with Gasteiger partial charge in [-0.2, -0.15) is 0 Å². The molecule has 0 saturated carbocycles. The lowest BCUT2D eigenvalue weighted by Crippen LogP contribution is -2.14. The molecule has 1 aromatic heterocycles. The molecule has 0 aliphatic carbocycles.